The summed E-state index contributed by atoms with van der Waals surface area (Å²) in [7, 11) is -4.01. The van der Waals surface area contributed by atoms with Crippen LogP contribution in [0.1, 0.15) is 5.56 Å². The van der Waals surface area contributed by atoms with Crippen molar-refractivity contribution in [3.8, 4) is 0 Å². The Morgan fingerprint density at radius 1 is 1.07 bits per heavy atom. The fourth-order valence-corrected chi connectivity index (χ4v) is 5.18. The van der Waals surface area contributed by atoms with Crippen molar-refractivity contribution in [3.63, 3.8) is 0 Å². The van der Waals surface area contributed by atoms with Gasteiger partial charge in [0.05, 0.1) is 23.8 Å². The van der Waals surface area contributed by atoms with Gasteiger partial charge in [-0.05, 0) is 42.8 Å². The molecule has 0 aliphatic carbocycles. The number of anilines is 2. The van der Waals surface area contributed by atoms with Crippen LogP contribution in [0, 0.1) is 6.92 Å². The van der Waals surface area contributed by atoms with E-state index < -0.39 is 15.7 Å². The standard InChI is InChI=1S/C20H18Cl2N2O4S/c1-13-2-4-15(11-16(13)22)24-12-19(20(25)23-6-8-28-9-7-23)29(26,27)18-5-3-14(21)10-17(18)24/h2-5,10-12H,6-9H2,1H3. The van der Waals surface area contributed by atoms with Gasteiger partial charge in [0.2, 0.25) is 9.84 Å². The first-order valence-electron chi connectivity index (χ1n) is 8.98. The fourth-order valence-electron chi connectivity index (χ4n) is 3.32. The number of benzene rings is 2. The first-order valence-corrected chi connectivity index (χ1v) is 11.2. The second kappa shape index (κ2) is 7.65. The maximum atomic E-state index is 13.3. The minimum Gasteiger partial charge on any atom is -0.378 e. The van der Waals surface area contributed by atoms with Gasteiger partial charge in [-0.1, -0.05) is 29.3 Å². The molecule has 152 valence electrons. The van der Waals surface area contributed by atoms with Crippen LogP contribution in [-0.4, -0.2) is 45.5 Å². The predicted octanol–water partition coefficient (Wildman–Crippen LogP) is 3.93. The lowest BCUT2D eigenvalue weighted by atomic mass is 10.2. The first kappa shape index (κ1) is 20.2. The molecule has 9 heteroatoms. The van der Waals surface area contributed by atoms with Gasteiger partial charge in [-0.15, -0.1) is 0 Å². The number of nitrogens with zero attached hydrogens (tertiary/aromatic N) is 2. The van der Waals surface area contributed by atoms with E-state index in [1.165, 1.54) is 23.2 Å². The number of fused-ring (bicyclic) bond motifs is 1. The number of morpholine rings is 1. The van der Waals surface area contributed by atoms with Crippen LogP contribution >= 0.6 is 23.2 Å². The summed E-state index contributed by atoms with van der Waals surface area (Å²) in [6.45, 7) is 3.32. The molecule has 0 N–H and O–H groups in total. The molecule has 1 saturated heterocycles. The molecule has 0 bridgehead atoms. The van der Waals surface area contributed by atoms with E-state index in [2.05, 4.69) is 0 Å². The van der Waals surface area contributed by atoms with Crippen molar-refractivity contribution in [2.45, 2.75) is 11.8 Å². The lowest BCUT2D eigenvalue weighted by Gasteiger charge is -2.32. The summed E-state index contributed by atoms with van der Waals surface area (Å²) in [6, 6.07) is 9.87. The molecule has 2 aliphatic heterocycles. The number of aryl methyl sites for hydroxylation is 1. The molecule has 0 unspecified atom stereocenters. The van der Waals surface area contributed by atoms with Crippen LogP contribution in [0.25, 0.3) is 0 Å². The van der Waals surface area contributed by atoms with Crippen molar-refractivity contribution in [2.75, 3.05) is 31.2 Å². The van der Waals surface area contributed by atoms with Gasteiger partial charge in [0.15, 0.2) is 4.91 Å². The Kier molecular flexibility index (Phi) is 5.33. The number of hydrogen-bond donors (Lipinski definition) is 0. The zero-order valence-corrected chi connectivity index (χ0v) is 17.9. The predicted molar refractivity (Wildman–Crippen MR) is 112 cm³/mol. The third kappa shape index (κ3) is 3.64. The number of hydrogen-bond acceptors (Lipinski definition) is 5. The molecule has 2 aromatic carbocycles. The van der Waals surface area contributed by atoms with E-state index in [-0.39, 0.29) is 9.80 Å². The van der Waals surface area contributed by atoms with Crippen LogP contribution in [0.5, 0.6) is 0 Å². The first-order chi connectivity index (χ1) is 13.8. The van der Waals surface area contributed by atoms with E-state index in [4.69, 9.17) is 27.9 Å². The van der Waals surface area contributed by atoms with Crippen molar-refractivity contribution in [3.05, 3.63) is 63.1 Å². The number of ether oxygens (including phenoxy) is 1. The van der Waals surface area contributed by atoms with Gasteiger partial charge in [0, 0.05) is 35.0 Å². The summed E-state index contributed by atoms with van der Waals surface area (Å²) in [6.07, 6.45) is 1.35. The van der Waals surface area contributed by atoms with Gasteiger partial charge in [0.25, 0.3) is 5.91 Å². The van der Waals surface area contributed by atoms with Gasteiger partial charge in [-0.3, -0.25) is 4.79 Å². The Morgan fingerprint density at radius 3 is 2.48 bits per heavy atom. The zero-order chi connectivity index (χ0) is 20.8. The second-order valence-electron chi connectivity index (χ2n) is 6.82. The van der Waals surface area contributed by atoms with Gasteiger partial charge in [0.1, 0.15) is 0 Å². The van der Waals surface area contributed by atoms with E-state index in [1.54, 1.807) is 17.0 Å². The second-order valence-corrected chi connectivity index (χ2v) is 9.55. The monoisotopic (exact) mass is 452 g/mol. The van der Waals surface area contributed by atoms with Crippen LogP contribution in [0.2, 0.25) is 10.0 Å². The molecule has 2 aliphatic rings. The highest BCUT2D eigenvalue weighted by Crippen LogP contribution is 2.42. The third-order valence-corrected chi connectivity index (χ3v) is 7.37. The largest absolute Gasteiger partial charge is 0.378 e. The van der Waals surface area contributed by atoms with E-state index in [0.717, 1.165) is 5.56 Å². The van der Waals surface area contributed by atoms with E-state index >= 15 is 0 Å². The molecule has 1 amide bonds. The van der Waals surface area contributed by atoms with Gasteiger partial charge in [-0.25, -0.2) is 8.42 Å². The molecule has 0 saturated carbocycles. The van der Waals surface area contributed by atoms with Crippen LogP contribution in [0.4, 0.5) is 11.4 Å². The number of sulfone groups is 1. The fraction of sp³-hybridized carbons (Fsp3) is 0.250. The average Bonchev–Trinajstić information content (AvgIpc) is 2.70. The maximum absolute atomic E-state index is 13.3. The maximum Gasteiger partial charge on any atom is 0.267 e. The van der Waals surface area contributed by atoms with Crippen molar-refractivity contribution in [1.82, 2.24) is 4.90 Å². The highest BCUT2D eigenvalue weighted by Gasteiger charge is 2.38. The summed E-state index contributed by atoms with van der Waals surface area (Å²) in [5, 5.41) is 0.924. The van der Waals surface area contributed by atoms with Crippen LogP contribution in [0.3, 0.4) is 0 Å². The molecular formula is C20H18Cl2N2O4S. The average molecular weight is 453 g/mol. The highest BCUT2D eigenvalue weighted by atomic mass is 35.5. The summed E-state index contributed by atoms with van der Waals surface area (Å²) in [4.78, 5) is 16.0. The molecule has 6 nitrogen and oxygen atoms in total. The minimum atomic E-state index is -4.01. The molecule has 0 radical (unpaired) electrons. The quantitative estimate of drug-likeness (QED) is 0.690. The van der Waals surface area contributed by atoms with Crippen LogP contribution in [0.15, 0.2) is 52.4 Å². The van der Waals surface area contributed by atoms with Crippen LogP contribution in [-0.2, 0) is 19.4 Å². The van der Waals surface area contributed by atoms with Gasteiger partial charge >= 0.3 is 0 Å². The zero-order valence-electron chi connectivity index (χ0n) is 15.6. The molecule has 4 rings (SSSR count). The smallest absolute Gasteiger partial charge is 0.267 e. The number of carbonyl (C=O) groups excluding carboxylic acids is 1. The molecule has 2 aromatic rings. The number of carbonyl (C=O) groups is 1. The lowest BCUT2D eigenvalue weighted by Crippen LogP contribution is -2.43. The summed E-state index contributed by atoms with van der Waals surface area (Å²) in [5.41, 5.74) is 1.89. The Morgan fingerprint density at radius 2 is 1.79 bits per heavy atom. The number of halogens is 2. The Balaban J connectivity index is 1.89. The summed E-state index contributed by atoms with van der Waals surface area (Å²) >= 11 is 12.4. The molecule has 1 fully saturated rings. The van der Waals surface area contributed by atoms with Gasteiger partial charge in [-0.2, -0.15) is 0 Å². The summed E-state index contributed by atoms with van der Waals surface area (Å²) in [5.74, 6) is -0.544. The number of amides is 1. The van der Waals surface area contributed by atoms with E-state index in [1.807, 2.05) is 19.1 Å². The van der Waals surface area contributed by atoms with Crippen molar-refractivity contribution in [1.29, 1.82) is 0 Å². The molecular weight excluding hydrogens is 435 g/mol. The Bertz CT molecular complexity index is 1130. The van der Waals surface area contributed by atoms with Crippen LogP contribution < -0.4 is 4.90 Å². The lowest BCUT2D eigenvalue weighted by molar-refractivity contribution is -0.130. The van der Waals surface area contributed by atoms with Crippen molar-refractivity contribution in [2.24, 2.45) is 0 Å². The molecule has 0 aromatic heterocycles. The number of rotatable bonds is 2. The topological polar surface area (TPSA) is 66.9 Å². The van der Waals surface area contributed by atoms with Crippen molar-refractivity contribution >= 4 is 50.3 Å². The normalized spacial score (nSPS) is 18.2. The SMILES string of the molecule is Cc1ccc(N2C=C(C(=O)N3CCOCC3)S(=O)(=O)c3ccc(Cl)cc32)cc1Cl. The summed E-state index contributed by atoms with van der Waals surface area (Å²) < 4.78 is 31.8. The molecule has 2 heterocycles. The molecule has 0 spiro atoms. The molecule has 29 heavy (non-hydrogen) atoms. The minimum absolute atomic E-state index is 0.0257. The van der Waals surface area contributed by atoms with Crippen molar-refractivity contribution < 1.29 is 17.9 Å². The highest BCUT2D eigenvalue weighted by molar-refractivity contribution is 7.96. The van der Waals surface area contributed by atoms with Gasteiger partial charge < -0.3 is 14.5 Å². The Labute approximate surface area is 179 Å². The molecule has 0 atom stereocenters. The van der Waals surface area contributed by atoms with E-state index in [0.29, 0.717) is 47.7 Å². The Hall–Kier alpha value is -2.06. The van der Waals surface area contributed by atoms with E-state index in [9.17, 15) is 13.2 Å². The third-order valence-electron chi connectivity index (χ3n) is 4.95.